The lowest BCUT2D eigenvalue weighted by molar-refractivity contribution is -0.171. The van der Waals surface area contributed by atoms with E-state index in [2.05, 4.69) is 32.1 Å². The molecule has 1 spiro atoms. The third-order valence-electron chi connectivity index (χ3n) is 5.77. The van der Waals surface area contributed by atoms with Crippen molar-refractivity contribution in [1.82, 2.24) is 0 Å². The molecule has 128 valence electrons. The summed E-state index contributed by atoms with van der Waals surface area (Å²) < 4.78 is 12.5. The molecule has 0 amide bonds. The normalized spacial score (nSPS) is 34.2. The Morgan fingerprint density at radius 1 is 0.880 bits per heavy atom. The summed E-state index contributed by atoms with van der Waals surface area (Å²) in [6, 6.07) is 20.0. The molecule has 0 aromatic heterocycles. The Morgan fingerprint density at radius 2 is 1.44 bits per heavy atom. The standard InChI is InChI=1S/C22H22O3/c1-16-14-22(25-20(16,2)17-10-6-4-7-11-17)15-19(23)24-21(22,3)18-12-8-5-9-13-18/h4-14H,15H2,1-3H3. The van der Waals surface area contributed by atoms with Crippen LogP contribution in [0.3, 0.4) is 0 Å². The average Bonchev–Trinajstić information content (AvgIpc) is 3.02. The van der Waals surface area contributed by atoms with Gasteiger partial charge in [-0.3, -0.25) is 4.79 Å². The Morgan fingerprint density at radius 3 is 2.04 bits per heavy atom. The van der Waals surface area contributed by atoms with Crippen LogP contribution >= 0.6 is 0 Å². The van der Waals surface area contributed by atoms with E-state index in [0.29, 0.717) is 0 Å². The minimum Gasteiger partial charge on any atom is -0.451 e. The van der Waals surface area contributed by atoms with Crippen LogP contribution in [0, 0.1) is 0 Å². The molecular weight excluding hydrogens is 312 g/mol. The van der Waals surface area contributed by atoms with Gasteiger partial charge in [-0.2, -0.15) is 0 Å². The third-order valence-corrected chi connectivity index (χ3v) is 5.77. The van der Waals surface area contributed by atoms with Crippen LogP contribution in [0.2, 0.25) is 0 Å². The highest BCUT2D eigenvalue weighted by atomic mass is 16.6. The van der Waals surface area contributed by atoms with E-state index in [1.807, 2.05) is 55.5 Å². The van der Waals surface area contributed by atoms with Crippen molar-refractivity contribution in [2.24, 2.45) is 0 Å². The molecule has 25 heavy (non-hydrogen) atoms. The molecule has 0 N–H and O–H groups in total. The Labute approximate surface area is 148 Å². The van der Waals surface area contributed by atoms with Gasteiger partial charge in [0.2, 0.25) is 0 Å². The highest BCUT2D eigenvalue weighted by Crippen LogP contribution is 2.56. The lowest BCUT2D eigenvalue weighted by Crippen LogP contribution is -2.47. The highest BCUT2D eigenvalue weighted by Gasteiger charge is 2.64. The molecule has 2 aromatic carbocycles. The number of cyclic esters (lactones) is 1. The molecule has 2 aliphatic heterocycles. The van der Waals surface area contributed by atoms with Gasteiger partial charge in [-0.15, -0.1) is 0 Å². The molecule has 0 saturated carbocycles. The number of carbonyl (C=O) groups is 1. The second-order valence-electron chi connectivity index (χ2n) is 7.27. The number of hydrogen-bond acceptors (Lipinski definition) is 3. The molecule has 2 heterocycles. The molecule has 4 rings (SSSR count). The first-order valence-corrected chi connectivity index (χ1v) is 8.63. The fourth-order valence-corrected chi connectivity index (χ4v) is 4.12. The highest BCUT2D eigenvalue weighted by molar-refractivity contribution is 5.76. The van der Waals surface area contributed by atoms with Gasteiger partial charge in [0.1, 0.15) is 11.2 Å². The van der Waals surface area contributed by atoms with E-state index in [0.717, 1.165) is 16.7 Å². The molecule has 0 aliphatic carbocycles. The van der Waals surface area contributed by atoms with Crippen LogP contribution in [-0.2, 0) is 25.5 Å². The zero-order valence-electron chi connectivity index (χ0n) is 14.8. The van der Waals surface area contributed by atoms with Crippen LogP contribution in [0.15, 0.2) is 72.3 Å². The maximum absolute atomic E-state index is 12.3. The smallest absolute Gasteiger partial charge is 0.310 e. The van der Waals surface area contributed by atoms with Gasteiger partial charge in [-0.05, 0) is 43.5 Å². The van der Waals surface area contributed by atoms with Gasteiger partial charge >= 0.3 is 5.97 Å². The monoisotopic (exact) mass is 334 g/mol. The number of benzene rings is 2. The zero-order chi connectivity index (χ0) is 17.7. The molecule has 3 nitrogen and oxygen atoms in total. The van der Waals surface area contributed by atoms with Crippen molar-refractivity contribution in [3.63, 3.8) is 0 Å². The van der Waals surface area contributed by atoms with Crippen molar-refractivity contribution in [2.45, 2.75) is 44.0 Å². The first-order chi connectivity index (χ1) is 11.9. The Balaban J connectivity index is 1.83. The summed E-state index contributed by atoms with van der Waals surface area (Å²) in [7, 11) is 0. The number of hydrogen-bond donors (Lipinski definition) is 0. The summed E-state index contributed by atoms with van der Waals surface area (Å²) in [4.78, 5) is 12.3. The lowest BCUT2D eigenvalue weighted by Gasteiger charge is -2.40. The summed E-state index contributed by atoms with van der Waals surface area (Å²) >= 11 is 0. The molecule has 1 saturated heterocycles. The Bertz CT molecular complexity index is 842. The van der Waals surface area contributed by atoms with Crippen molar-refractivity contribution < 1.29 is 14.3 Å². The van der Waals surface area contributed by atoms with Gasteiger partial charge < -0.3 is 9.47 Å². The van der Waals surface area contributed by atoms with Crippen LogP contribution < -0.4 is 0 Å². The van der Waals surface area contributed by atoms with Crippen molar-refractivity contribution in [3.05, 3.63) is 83.4 Å². The number of rotatable bonds is 2. The van der Waals surface area contributed by atoms with Crippen molar-refractivity contribution >= 4 is 5.97 Å². The van der Waals surface area contributed by atoms with Gasteiger partial charge in [0, 0.05) is 0 Å². The number of ether oxygens (including phenoxy) is 2. The summed E-state index contributed by atoms with van der Waals surface area (Å²) in [5.41, 5.74) is 0.890. The van der Waals surface area contributed by atoms with E-state index in [1.165, 1.54) is 0 Å². The second kappa shape index (κ2) is 5.30. The topological polar surface area (TPSA) is 35.5 Å². The minimum atomic E-state index is -0.848. The molecule has 1 fully saturated rings. The van der Waals surface area contributed by atoms with Gasteiger partial charge in [-0.1, -0.05) is 60.7 Å². The molecule has 2 aliphatic rings. The van der Waals surface area contributed by atoms with Gasteiger partial charge in [0.25, 0.3) is 0 Å². The van der Waals surface area contributed by atoms with Crippen molar-refractivity contribution in [1.29, 1.82) is 0 Å². The van der Waals surface area contributed by atoms with Crippen LogP contribution in [0.4, 0.5) is 0 Å². The molecular formula is C22H22O3. The summed E-state index contributed by atoms with van der Waals surface area (Å²) in [5, 5.41) is 0. The number of carbonyl (C=O) groups excluding carboxylic acids is 1. The van der Waals surface area contributed by atoms with Crippen LogP contribution in [-0.4, -0.2) is 11.6 Å². The van der Waals surface area contributed by atoms with E-state index in [9.17, 15) is 4.79 Å². The second-order valence-corrected chi connectivity index (χ2v) is 7.27. The van der Waals surface area contributed by atoms with Crippen LogP contribution in [0.1, 0.15) is 38.3 Å². The van der Waals surface area contributed by atoms with Gasteiger partial charge in [-0.25, -0.2) is 0 Å². The quantitative estimate of drug-likeness (QED) is 0.600. The van der Waals surface area contributed by atoms with E-state index in [4.69, 9.17) is 9.47 Å². The molecule has 2 aromatic rings. The fraction of sp³-hybridized carbons (Fsp3) is 0.318. The van der Waals surface area contributed by atoms with Crippen LogP contribution in [0.25, 0.3) is 0 Å². The summed E-state index contributed by atoms with van der Waals surface area (Å²) in [6.07, 6.45) is 2.32. The van der Waals surface area contributed by atoms with Crippen molar-refractivity contribution in [3.8, 4) is 0 Å². The molecule has 0 radical (unpaired) electrons. The van der Waals surface area contributed by atoms with Crippen molar-refractivity contribution in [2.75, 3.05) is 0 Å². The third kappa shape index (κ3) is 2.19. The zero-order valence-corrected chi connectivity index (χ0v) is 14.8. The fourth-order valence-electron chi connectivity index (χ4n) is 4.12. The maximum atomic E-state index is 12.3. The van der Waals surface area contributed by atoms with E-state index >= 15 is 0 Å². The first kappa shape index (κ1) is 16.1. The Hall–Kier alpha value is -2.39. The SMILES string of the molecule is CC1=CC2(CC(=O)OC2(C)c2ccccc2)OC1(C)c1ccccc1. The minimum absolute atomic E-state index is 0.220. The summed E-state index contributed by atoms with van der Waals surface area (Å²) in [6.45, 7) is 6.08. The molecule has 3 heteroatoms. The lowest BCUT2D eigenvalue weighted by atomic mass is 9.78. The molecule has 3 atom stereocenters. The summed E-state index contributed by atoms with van der Waals surface area (Å²) in [5.74, 6) is -0.229. The van der Waals surface area contributed by atoms with E-state index in [1.54, 1.807) is 0 Å². The maximum Gasteiger partial charge on any atom is 0.310 e. The van der Waals surface area contributed by atoms with Gasteiger partial charge in [0.15, 0.2) is 5.60 Å². The van der Waals surface area contributed by atoms with E-state index in [-0.39, 0.29) is 12.4 Å². The predicted molar refractivity (Wildman–Crippen MR) is 95.9 cm³/mol. The number of esters is 1. The van der Waals surface area contributed by atoms with Crippen LogP contribution in [0.5, 0.6) is 0 Å². The average molecular weight is 334 g/mol. The van der Waals surface area contributed by atoms with E-state index < -0.39 is 16.8 Å². The molecule has 3 unspecified atom stereocenters. The largest absolute Gasteiger partial charge is 0.451 e. The van der Waals surface area contributed by atoms with Gasteiger partial charge in [0.05, 0.1) is 6.42 Å². The first-order valence-electron chi connectivity index (χ1n) is 8.63. The Kier molecular flexibility index (Phi) is 3.41. The predicted octanol–water partition coefficient (Wildman–Crippen LogP) is 4.48. The molecule has 0 bridgehead atoms.